The Bertz CT molecular complexity index is 361. The minimum absolute atomic E-state index is 0.00456. The first-order valence-electron chi connectivity index (χ1n) is 6.13. The number of hydrogen-bond acceptors (Lipinski definition) is 3. The van der Waals surface area contributed by atoms with E-state index in [1.807, 2.05) is 13.8 Å². The molecule has 1 heterocycles. The van der Waals surface area contributed by atoms with Gasteiger partial charge in [-0.1, -0.05) is 0 Å². The predicted molar refractivity (Wildman–Crippen MR) is 64.2 cm³/mol. The fraction of sp³-hybridized carbons (Fsp3) is 0.833. The maximum Gasteiger partial charge on any atom is 0.247 e. The van der Waals surface area contributed by atoms with Crippen LogP contribution in [0.15, 0.2) is 0 Å². The van der Waals surface area contributed by atoms with E-state index < -0.39 is 5.54 Å². The van der Waals surface area contributed by atoms with Gasteiger partial charge in [0, 0.05) is 26.7 Å². The van der Waals surface area contributed by atoms with Crippen LogP contribution in [0.2, 0.25) is 0 Å². The molecule has 2 rings (SSSR count). The van der Waals surface area contributed by atoms with Crippen LogP contribution >= 0.6 is 0 Å². The number of piperazine rings is 1. The van der Waals surface area contributed by atoms with Gasteiger partial charge in [-0.05, 0) is 26.7 Å². The van der Waals surface area contributed by atoms with Crippen molar-refractivity contribution < 1.29 is 9.59 Å². The molecule has 0 atom stereocenters. The standard InChI is InChI=1S/C12H21N3O2/c1-11(2)9(16)14(3)6-7-15(11)10(17)12(8-13)4-5-12/h4-8,13H2,1-3H3. The van der Waals surface area contributed by atoms with E-state index in [0.29, 0.717) is 19.6 Å². The molecule has 0 bridgehead atoms. The molecule has 2 aliphatic rings. The lowest BCUT2D eigenvalue weighted by atomic mass is 9.94. The number of carbonyl (C=O) groups excluding carboxylic acids is 2. The van der Waals surface area contributed by atoms with Crippen LogP contribution in [0.4, 0.5) is 0 Å². The highest BCUT2D eigenvalue weighted by Crippen LogP contribution is 2.47. The van der Waals surface area contributed by atoms with Crippen molar-refractivity contribution >= 4 is 11.8 Å². The zero-order valence-electron chi connectivity index (χ0n) is 10.8. The molecule has 0 aromatic carbocycles. The molecule has 17 heavy (non-hydrogen) atoms. The van der Waals surface area contributed by atoms with E-state index >= 15 is 0 Å². The summed E-state index contributed by atoms with van der Waals surface area (Å²) in [7, 11) is 1.78. The van der Waals surface area contributed by atoms with Crippen molar-refractivity contribution in [3.05, 3.63) is 0 Å². The molecule has 0 unspecified atom stereocenters. The van der Waals surface area contributed by atoms with Crippen molar-refractivity contribution in [2.75, 3.05) is 26.7 Å². The third-order valence-corrected chi connectivity index (χ3v) is 4.15. The second-order valence-electron chi connectivity index (χ2n) is 5.73. The summed E-state index contributed by atoms with van der Waals surface area (Å²) in [4.78, 5) is 28.0. The number of hydrogen-bond donors (Lipinski definition) is 1. The second-order valence-corrected chi connectivity index (χ2v) is 5.73. The lowest BCUT2D eigenvalue weighted by Crippen LogP contribution is -2.65. The van der Waals surface area contributed by atoms with Gasteiger partial charge in [0.25, 0.3) is 0 Å². The van der Waals surface area contributed by atoms with Gasteiger partial charge in [-0.15, -0.1) is 0 Å². The Kier molecular flexibility index (Phi) is 2.69. The highest BCUT2D eigenvalue weighted by atomic mass is 16.2. The average Bonchev–Trinajstić information content (AvgIpc) is 3.06. The topological polar surface area (TPSA) is 66.6 Å². The Labute approximate surface area is 102 Å². The Morgan fingerprint density at radius 1 is 1.35 bits per heavy atom. The Morgan fingerprint density at radius 2 is 1.94 bits per heavy atom. The van der Waals surface area contributed by atoms with Gasteiger partial charge in [-0.3, -0.25) is 9.59 Å². The summed E-state index contributed by atoms with van der Waals surface area (Å²) in [5.41, 5.74) is 4.58. The van der Waals surface area contributed by atoms with Gasteiger partial charge in [0.2, 0.25) is 11.8 Å². The van der Waals surface area contributed by atoms with Crippen molar-refractivity contribution in [2.24, 2.45) is 11.1 Å². The van der Waals surface area contributed by atoms with Crippen molar-refractivity contribution in [2.45, 2.75) is 32.2 Å². The van der Waals surface area contributed by atoms with Crippen LogP contribution in [-0.2, 0) is 9.59 Å². The molecule has 0 aromatic rings. The minimum Gasteiger partial charge on any atom is -0.342 e. The van der Waals surface area contributed by atoms with Crippen LogP contribution in [0.25, 0.3) is 0 Å². The molecule has 5 heteroatoms. The molecule has 96 valence electrons. The van der Waals surface area contributed by atoms with Gasteiger partial charge >= 0.3 is 0 Å². The van der Waals surface area contributed by atoms with Gasteiger partial charge in [0.15, 0.2) is 0 Å². The summed E-state index contributed by atoms with van der Waals surface area (Å²) in [5, 5.41) is 0. The second kappa shape index (κ2) is 3.70. The molecule has 5 nitrogen and oxygen atoms in total. The fourth-order valence-electron chi connectivity index (χ4n) is 2.51. The molecule has 1 saturated heterocycles. The summed E-state index contributed by atoms with van der Waals surface area (Å²) in [6.45, 7) is 5.23. The number of nitrogens with two attached hydrogens (primary N) is 1. The number of carbonyl (C=O) groups is 2. The largest absolute Gasteiger partial charge is 0.342 e. The van der Waals surface area contributed by atoms with Crippen LogP contribution in [0.5, 0.6) is 0 Å². The summed E-state index contributed by atoms with van der Waals surface area (Å²) >= 11 is 0. The SMILES string of the molecule is CN1CCN(C(=O)C2(CN)CC2)C(C)(C)C1=O. The maximum atomic E-state index is 12.5. The first kappa shape index (κ1) is 12.4. The fourth-order valence-corrected chi connectivity index (χ4v) is 2.51. The van der Waals surface area contributed by atoms with Crippen molar-refractivity contribution in [1.29, 1.82) is 0 Å². The highest BCUT2D eigenvalue weighted by Gasteiger charge is 2.55. The van der Waals surface area contributed by atoms with Crippen LogP contribution in [-0.4, -0.2) is 53.8 Å². The summed E-state index contributed by atoms with van der Waals surface area (Å²) in [6.07, 6.45) is 1.72. The van der Waals surface area contributed by atoms with Crippen LogP contribution in [0, 0.1) is 5.41 Å². The van der Waals surface area contributed by atoms with Gasteiger partial charge in [-0.2, -0.15) is 0 Å². The maximum absolute atomic E-state index is 12.5. The van der Waals surface area contributed by atoms with Gasteiger partial charge < -0.3 is 15.5 Å². The molecule has 1 aliphatic carbocycles. The third kappa shape index (κ3) is 1.73. The molecular weight excluding hydrogens is 218 g/mol. The molecular formula is C12H21N3O2. The zero-order valence-corrected chi connectivity index (χ0v) is 10.8. The molecule has 0 aromatic heterocycles. The van der Waals surface area contributed by atoms with E-state index in [0.717, 1.165) is 12.8 Å². The van der Waals surface area contributed by atoms with E-state index in [-0.39, 0.29) is 17.2 Å². The average molecular weight is 239 g/mol. The lowest BCUT2D eigenvalue weighted by Gasteiger charge is -2.46. The Hall–Kier alpha value is -1.10. The number of rotatable bonds is 2. The lowest BCUT2D eigenvalue weighted by molar-refractivity contribution is -0.160. The van der Waals surface area contributed by atoms with E-state index in [4.69, 9.17) is 5.73 Å². The molecule has 1 saturated carbocycles. The zero-order chi connectivity index (χ0) is 12.8. The molecule has 0 spiro atoms. The minimum atomic E-state index is -0.741. The normalized spacial score (nSPS) is 26.0. The van der Waals surface area contributed by atoms with Crippen LogP contribution in [0.3, 0.4) is 0 Å². The smallest absolute Gasteiger partial charge is 0.247 e. The number of likely N-dealkylation sites (N-methyl/N-ethyl adjacent to an activating group) is 1. The van der Waals surface area contributed by atoms with Crippen LogP contribution < -0.4 is 5.73 Å². The van der Waals surface area contributed by atoms with Crippen molar-refractivity contribution in [3.8, 4) is 0 Å². The molecule has 2 N–H and O–H groups in total. The quantitative estimate of drug-likeness (QED) is 0.726. The van der Waals surface area contributed by atoms with E-state index in [1.54, 1.807) is 16.8 Å². The summed E-state index contributed by atoms with van der Waals surface area (Å²) in [6, 6.07) is 0. The summed E-state index contributed by atoms with van der Waals surface area (Å²) in [5.74, 6) is 0.0661. The van der Waals surface area contributed by atoms with Gasteiger partial charge in [0.1, 0.15) is 5.54 Å². The van der Waals surface area contributed by atoms with Crippen molar-refractivity contribution in [1.82, 2.24) is 9.80 Å². The van der Waals surface area contributed by atoms with Crippen molar-refractivity contribution in [3.63, 3.8) is 0 Å². The molecule has 0 radical (unpaired) electrons. The molecule has 2 fully saturated rings. The van der Waals surface area contributed by atoms with E-state index in [1.165, 1.54) is 0 Å². The predicted octanol–water partition coefficient (Wildman–Crippen LogP) is -0.195. The Morgan fingerprint density at radius 3 is 2.41 bits per heavy atom. The molecule has 1 aliphatic heterocycles. The van der Waals surface area contributed by atoms with Gasteiger partial charge in [0.05, 0.1) is 5.41 Å². The summed E-state index contributed by atoms with van der Waals surface area (Å²) < 4.78 is 0. The van der Waals surface area contributed by atoms with Crippen LogP contribution in [0.1, 0.15) is 26.7 Å². The number of amides is 2. The molecule has 2 amide bonds. The monoisotopic (exact) mass is 239 g/mol. The van der Waals surface area contributed by atoms with E-state index in [9.17, 15) is 9.59 Å². The van der Waals surface area contributed by atoms with E-state index in [2.05, 4.69) is 0 Å². The number of nitrogens with zero attached hydrogens (tertiary/aromatic N) is 2. The van der Waals surface area contributed by atoms with Gasteiger partial charge in [-0.25, -0.2) is 0 Å². The highest BCUT2D eigenvalue weighted by molar-refractivity contribution is 5.94. The third-order valence-electron chi connectivity index (χ3n) is 4.15. The first-order chi connectivity index (χ1) is 7.85. The first-order valence-corrected chi connectivity index (χ1v) is 6.13. The Balaban J connectivity index is 2.21.